The highest BCUT2D eigenvalue weighted by atomic mass is 16.6. The van der Waals surface area contributed by atoms with E-state index in [0.717, 1.165) is 30.5 Å². The Kier molecular flexibility index (Phi) is 7.61. The Morgan fingerprint density at radius 2 is 2.12 bits per heavy atom. The number of oxime groups is 1. The largest absolute Gasteiger partial charge is 0.391 e. The fourth-order valence-corrected chi connectivity index (χ4v) is 3.04. The van der Waals surface area contributed by atoms with Gasteiger partial charge in [-0.25, -0.2) is 0 Å². The van der Waals surface area contributed by atoms with Crippen LogP contribution in [0, 0.1) is 17.2 Å². The van der Waals surface area contributed by atoms with Crippen molar-refractivity contribution in [2.75, 3.05) is 20.1 Å². The number of hydrogen-bond acceptors (Lipinski definition) is 5. The Morgan fingerprint density at radius 3 is 2.73 bits per heavy atom. The molecule has 0 aromatic heterocycles. The molecule has 1 aliphatic rings. The van der Waals surface area contributed by atoms with E-state index in [1.807, 2.05) is 24.1 Å². The Hall–Kier alpha value is -2.39. The quantitative estimate of drug-likeness (QED) is 0.762. The number of rotatable bonds is 7. The van der Waals surface area contributed by atoms with Crippen LogP contribution < -0.4 is 5.32 Å². The predicted octanol–water partition coefficient (Wildman–Crippen LogP) is 2.69. The van der Waals surface area contributed by atoms with Crippen LogP contribution in [0.2, 0.25) is 0 Å². The van der Waals surface area contributed by atoms with Crippen LogP contribution in [0.15, 0.2) is 29.4 Å². The number of likely N-dealkylation sites (tertiary alicyclic amines) is 1. The molecule has 0 spiro atoms. The summed E-state index contributed by atoms with van der Waals surface area (Å²) in [5.74, 6) is 0.653. The second-order valence-electron chi connectivity index (χ2n) is 7.04. The number of carbonyl (C=O) groups excluding carboxylic acids is 1. The van der Waals surface area contributed by atoms with Crippen LogP contribution in [0.1, 0.15) is 44.2 Å². The Morgan fingerprint density at radius 1 is 1.38 bits per heavy atom. The van der Waals surface area contributed by atoms with E-state index in [1.165, 1.54) is 0 Å². The maximum absolute atomic E-state index is 12.6. The molecule has 1 N–H and O–H groups in total. The highest BCUT2D eigenvalue weighted by Crippen LogP contribution is 2.14. The SMILES string of the molecule is CNC(CC(C)C)C(=O)N1CCC(=NOCc2cccc(C#N)c2)CC1. The monoisotopic (exact) mass is 356 g/mol. The van der Waals surface area contributed by atoms with Crippen LogP contribution in [-0.2, 0) is 16.2 Å². The summed E-state index contributed by atoms with van der Waals surface area (Å²) in [6, 6.07) is 9.31. The van der Waals surface area contributed by atoms with Crippen LogP contribution >= 0.6 is 0 Å². The van der Waals surface area contributed by atoms with E-state index in [4.69, 9.17) is 10.1 Å². The summed E-state index contributed by atoms with van der Waals surface area (Å²) in [5, 5.41) is 16.3. The zero-order valence-corrected chi connectivity index (χ0v) is 15.9. The molecule has 1 saturated heterocycles. The van der Waals surface area contributed by atoms with Gasteiger partial charge in [0.2, 0.25) is 5.91 Å². The van der Waals surface area contributed by atoms with Gasteiger partial charge in [0.05, 0.1) is 23.4 Å². The summed E-state index contributed by atoms with van der Waals surface area (Å²) in [4.78, 5) is 20.0. The van der Waals surface area contributed by atoms with Crippen molar-refractivity contribution in [3.05, 3.63) is 35.4 Å². The third-order valence-corrected chi connectivity index (χ3v) is 4.49. The molecule has 2 rings (SSSR count). The van der Waals surface area contributed by atoms with Crippen molar-refractivity contribution >= 4 is 11.6 Å². The van der Waals surface area contributed by atoms with Gasteiger partial charge in [-0.15, -0.1) is 0 Å². The minimum atomic E-state index is -0.114. The van der Waals surface area contributed by atoms with Gasteiger partial charge in [0.25, 0.3) is 0 Å². The fourth-order valence-electron chi connectivity index (χ4n) is 3.04. The fraction of sp³-hybridized carbons (Fsp3) is 0.550. The van der Waals surface area contributed by atoms with Gasteiger partial charge in [-0.05, 0) is 37.1 Å². The van der Waals surface area contributed by atoms with Gasteiger partial charge in [0, 0.05) is 25.9 Å². The van der Waals surface area contributed by atoms with Crippen molar-refractivity contribution < 1.29 is 9.63 Å². The molecule has 140 valence electrons. The molecule has 0 bridgehead atoms. The van der Waals surface area contributed by atoms with Gasteiger partial charge in [0.1, 0.15) is 6.61 Å². The lowest BCUT2D eigenvalue weighted by Crippen LogP contribution is -2.48. The van der Waals surface area contributed by atoms with E-state index in [1.54, 1.807) is 12.1 Å². The Bertz CT molecular complexity index is 669. The number of nitriles is 1. The van der Waals surface area contributed by atoms with Gasteiger partial charge in [-0.1, -0.05) is 31.1 Å². The van der Waals surface area contributed by atoms with Crippen molar-refractivity contribution in [2.24, 2.45) is 11.1 Å². The van der Waals surface area contributed by atoms with Crippen molar-refractivity contribution in [3.63, 3.8) is 0 Å². The molecular weight excluding hydrogens is 328 g/mol. The lowest BCUT2D eigenvalue weighted by atomic mass is 10.0. The van der Waals surface area contributed by atoms with E-state index < -0.39 is 0 Å². The second kappa shape index (κ2) is 9.93. The minimum absolute atomic E-state index is 0.114. The number of nitrogens with zero attached hydrogens (tertiary/aromatic N) is 3. The van der Waals surface area contributed by atoms with Crippen LogP contribution in [0.5, 0.6) is 0 Å². The molecule has 1 atom stereocenters. The van der Waals surface area contributed by atoms with Crippen LogP contribution in [0.4, 0.5) is 0 Å². The number of nitrogens with one attached hydrogen (secondary N) is 1. The van der Waals surface area contributed by atoms with Crippen LogP contribution in [-0.4, -0.2) is 42.7 Å². The minimum Gasteiger partial charge on any atom is -0.391 e. The van der Waals surface area contributed by atoms with Gasteiger partial charge in [0.15, 0.2) is 0 Å². The predicted molar refractivity (Wildman–Crippen MR) is 101 cm³/mol. The van der Waals surface area contributed by atoms with Crippen molar-refractivity contribution in [3.8, 4) is 6.07 Å². The number of amides is 1. The summed E-state index contributed by atoms with van der Waals surface area (Å²) in [6.45, 7) is 5.96. The summed E-state index contributed by atoms with van der Waals surface area (Å²) in [7, 11) is 1.84. The van der Waals surface area contributed by atoms with Gasteiger partial charge < -0.3 is 15.1 Å². The lowest BCUT2D eigenvalue weighted by molar-refractivity contribution is -0.133. The first-order valence-electron chi connectivity index (χ1n) is 9.16. The van der Waals surface area contributed by atoms with Crippen molar-refractivity contribution in [2.45, 2.75) is 45.8 Å². The molecule has 1 amide bonds. The number of piperidine rings is 1. The third-order valence-electron chi connectivity index (χ3n) is 4.49. The molecule has 6 nitrogen and oxygen atoms in total. The van der Waals surface area contributed by atoms with Crippen LogP contribution in [0.25, 0.3) is 0 Å². The van der Waals surface area contributed by atoms with E-state index in [9.17, 15) is 4.79 Å². The molecule has 26 heavy (non-hydrogen) atoms. The zero-order chi connectivity index (χ0) is 18.9. The first-order chi connectivity index (χ1) is 12.5. The van der Waals surface area contributed by atoms with Gasteiger partial charge >= 0.3 is 0 Å². The summed E-state index contributed by atoms with van der Waals surface area (Å²) in [5.41, 5.74) is 2.52. The molecule has 1 aliphatic heterocycles. The highest BCUT2D eigenvalue weighted by molar-refractivity contribution is 5.88. The van der Waals surface area contributed by atoms with Crippen LogP contribution in [0.3, 0.4) is 0 Å². The number of benzene rings is 1. The normalized spacial score (nSPS) is 15.5. The zero-order valence-electron chi connectivity index (χ0n) is 15.9. The number of hydrogen-bond donors (Lipinski definition) is 1. The lowest BCUT2D eigenvalue weighted by Gasteiger charge is -2.31. The van der Waals surface area contributed by atoms with Gasteiger partial charge in [-0.2, -0.15) is 5.26 Å². The van der Waals surface area contributed by atoms with E-state index in [0.29, 0.717) is 31.2 Å². The molecule has 6 heteroatoms. The number of likely N-dealkylation sites (N-methyl/N-ethyl adjacent to an activating group) is 1. The smallest absolute Gasteiger partial charge is 0.239 e. The molecule has 0 radical (unpaired) electrons. The summed E-state index contributed by atoms with van der Waals surface area (Å²) >= 11 is 0. The van der Waals surface area contributed by atoms with Crippen molar-refractivity contribution in [1.29, 1.82) is 5.26 Å². The van der Waals surface area contributed by atoms with E-state index in [-0.39, 0.29) is 11.9 Å². The summed E-state index contributed by atoms with van der Waals surface area (Å²) < 4.78 is 0. The first kappa shape index (κ1) is 19.9. The standard InChI is InChI=1S/C20H28N4O2/c1-15(2)11-19(22-3)20(25)24-9-7-18(8-10-24)23-26-14-17-6-4-5-16(12-17)13-21/h4-6,12,15,19,22H,7-11,14H2,1-3H3. The maximum Gasteiger partial charge on any atom is 0.239 e. The molecule has 1 heterocycles. The molecule has 1 aromatic carbocycles. The number of carbonyl (C=O) groups is 1. The molecular formula is C20H28N4O2. The van der Waals surface area contributed by atoms with E-state index >= 15 is 0 Å². The average molecular weight is 356 g/mol. The van der Waals surface area contributed by atoms with Gasteiger partial charge in [-0.3, -0.25) is 4.79 Å². The molecule has 0 aliphatic carbocycles. The molecule has 0 saturated carbocycles. The Labute approximate surface area is 155 Å². The van der Waals surface area contributed by atoms with Crippen molar-refractivity contribution in [1.82, 2.24) is 10.2 Å². The molecule has 1 aromatic rings. The topological polar surface area (TPSA) is 77.7 Å². The van der Waals surface area contributed by atoms with E-state index in [2.05, 4.69) is 30.4 Å². The Balaban J connectivity index is 1.81. The second-order valence-corrected chi connectivity index (χ2v) is 7.04. The molecule has 1 unspecified atom stereocenters. The third kappa shape index (κ3) is 5.85. The summed E-state index contributed by atoms with van der Waals surface area (Å²) in [6.07, 6.45) is 2.32. The average Bonchev–Trinajstić information content (AvgIpc) is 2.66. The molecule has 1 fully saturated rings. The highest BCUT2D eigenvalue weighted by Gasteiger charge is 2.26. The first-order valence-corrected chi connectivity index (χ1v) is 9.16. The maximum atomic E-state index is 12.6.